The van der Waals surface area contributed by atoms with Crippen LogP contribution in [0.25, 0.3) is 0 Å². The van der Waals surface area contributed by atoms with Crippen LogP contribution in [0.5, 0.6) is 0 Å². The number of hydrogen-bond donors (Lipinski definition) is 0. The molecule has 0 heterocycles. The summed E-state index contributed by atoms with van der Waals surface area (Å²) in [5.74, 6) is 0. The van der Waals surface area contributed by atoms with Crippen molar-refractivity contribution in [3.63, 3.8) is 0 Å². The summed E-state index contributed by atoms with van der Waals surface area (Å²) >= 11 is 0. The van der Waals surface area contributed by atoms with Crippen LogP contribution in [0.1, 0.15) is 25.7 Å². The molecule has 0 aromatic heterocycles. The van der Waals surface area contributed by atoms with E-state index in [9.17, 15) is 0 Å². The molecule has 0 aromatic carbocycles. The van der Waals surface area contributed by atoms with Gasteiger partial charge in [-0.1, -0.05) is 12.8 Å². The Morgan fingerprint density at radius 1 is 0.382 bits per heavy atom. The van der Waals surface area contributed by atoms with E-state index in [4.69, 9.17) is 53.1 Å². The van der Waals surface area contributed by atoms with Crippen LogP contribution in [-0.2, 0) is 53.1 Å². The maximum atomic E-state index is 6.02. The second-order valence-corrected chi connectivity index (χ2v) is 21.4. The minimum absolute atomic E-state index is 0.403. The van der Waals surface area contributed by atoms with Gasteiger partial charge in [-0.15, -0.1) is 0 Å². The first-order valence-corrected chi connectivity index (χ1v) is 17.9. The molecule has 0 radical (unpaired) electrons. The molecule has 0 fully saturated rings. The molecule has 0 saturated carbocycles. The Morgan fingerprint density at radius 3 is 0.912 bits per heavy atom. The van der Waals surface area contributed by atoms with Gasteiger partial charge in [0.15, 0.2) is 4.28 Å². The van der Waals surface area contributed by atoms with E-state index in [1.54, 1.807) is 21.3 Å². The predicted molar refractivity (Wildman–Crippen MR) is 133 cm³/mol. The molecule has 0 aliphatic carbocycles. The quantitative estimate of drug-likeness (QED) is 0.149. The number of rotatable bonds is 21. The Balaban J connectivity index is 6.64. The molecule has 34 heavy (non-hydrogen) atoms. The summed E-state index contributed by atoms with van der Waals surface area (Å²) in [7, 11) is 4.68. The molecule has 0 aliphatic rings. The van der Waals surface area contributed by atoms with E-state index in [-0.39, 0.29) is 0 Å². The van der Waals surface area contributed by atoms with Gasteiger partial charge in [-0.25, -0.2) is 0 Å². The summed E-state index contributed by atoms with van der Waals surface area (Å²) in [4.78, 5) is 0. The summed E-state index contributed by atoms with van der Waals surface area (Å²) in [6.07, 6.45) is 2.65. The van der Waals surface area contributed by atoms with E-state index in [0.717, 1.165) is 12.8 Å². The Hall–Kier alpha value is 0.388. The Kier molecular flexibility index (Phi) is 15.8. The molecule has 12 nitrogen and oxygen atoms in total. The average Bonchev–Trinajstić information content (AvgIpc) is 2.90. The second kappa shape index (κ2) is 15.6. The molecule has 0 bridgehead atoms. The zero-order valence-corrected chi connectivity index (χ0v) is 26.9. The molecule has 0 spiro atoms. The molecule has 0 N–H and O–H groups in total. The van der Waals surface area contributed by atoms with Crippen molar-refractivity contribution >= 4 is 35.2 Å². The normalized spacial score (nSPS) is 14.1. The third kappa shape index (κ3) is 5.92. The van der Waals surface area contributed by atoms with Crippen LogP contribution in [0.3, 0.4) is 0 Å². The lowest BCUT2D eigenvalue weighted by Gasteiger charge is -2.53. The fourth-order valence-corrected chi connectivity index (χ4v) is 22.7. The van der Waals surface area contributed by atoms with Gasteiger partial charge in [-0.3, -0.25) is 0 Å². The van der Waals surface area contributed by atoms with Crippen molar-refractivity contribution in [1.82, 2.24) is 0 Å². The third-order valence-corrected chi connectivity index (χ3v) is 23.5. The van der Waals surface area contributed by atoms with Gasteiger partial charge in [-0.05, 0) is 12.8 Å². The first kappa shape index (κ1) is 34.4. The van der Waals surface area contributed by atoms with E-state index in [1.165, 1.54) is 64.0 Å². The molecule has 0 amide bonds. The van der Waals surface area contributed by atoms with Crippen molar-refractivity contribution < 1.29 is 53.1 Å². The van der Waals surface area contributed by atoms with Crippen molar-refractivity contribution in [3.05, 3.63) is 0 Å². The monoisotopic (exact) mass is 566 g/mol. The lowest BCUT2D eigenvalue weighted by atomic mass is 10.2. The minimum Gasteiger partial charge on any atom is -0.377 e. The highest BCUT2D eigenvalue weighted by atomic mass is 28.5. The van der Waals surface area contributed by atoms with Gasteiger partial charge < -0.3 is 53.1 Å². The Labute approximate surface area is 209 Å². The molecule has 0 aromatic rings. The van der Waals surface area contributed by atoms with Crippen LogP contribution < -0.4 is 0 Å². The number of hydrogen-bond acceptors (Lipinski definition) is 12. The maximum absolute atomic E-state index is 6.02. The van der Waals surface area contributed by atoms with Gasteiger partial charge in [-0.2, -0.15) is 0 Å². The van der Waals surface area contributed by atoms with Crippen molar-refractivity contribution in [1.29, 1.82) is 0 Å². The minimum atomic E-state index is -3.70. The topological polar surface area (TPSA) is 111 Å². The lowest BCUT2D eigenvalue weighted by molar-refractivity contribution is 0.0288. The average molecular weight is 567 g/mol. The molecule has 0 aliphatic heterocycles. The molecule has 16 heteroatoms. The number of unbranched alkanes of at least 4 members (excludes halogenated alkanes) is 2. The van der Waals surface area contributed by atoms with Crippen LogP contribution in [0, 0.1) is 0 Å². The molecular formula is C18H46O12Si4. The zero-order valence-electron chi connectivity index (χ0n) is 22.9. The van der Waals surface area contributed by atoms with Crippen LogP contribution >= 0.6 is 0 Å². The molecule has 206 valence electrons. The highest BCUT2D eigenvalue weighted by Crippen LogP contribution is 2.59. The van der Waals surface area contributed by atoms with E-state index in [1.807, 2.05) is 0 Å². The maximum Gasteiger partial charge on any atom is 0.515 e. The molecule has 0 saturated heterocycles. The SMILES string of the molecule is CO[Si](CCCCCC([Si](OC)(OC)OC)([Si](OC)(OC)OC)[Si](OC)(OC)OC)(OC)OC. The smallest absolute Gasteiger partial charge is 0.377 e. The van der Waals surface area contributed by atoms with E-state index in [2.05, 4.69) is 0 Å². The summed E-state index contributed by atoms with van der Waals surface area (Å²) in [5.41, 5.74) is 0. The van der Waals surface area contributed by atoms with E-state index >= 15 is 0 Å². The zero-order chi connectivity index (χ0) is 26.5. The second-order valence-electron chi connectivity index (χ2n) is 7.27. The lowest BCUT2D eigenvalue weighted by Crippen LogP contribution is -2.80. The van der Waals surface area contributed by atoms with Crippen LogP contribution in [-0.4, -0.2) is 121 Å². The van der Waals surface area contributed by atoms with Crippen molar-refractivity contribution in [2.45, 2.75) is 36.0 Å². The van der Waals surface area contributed by atoms with Gasteiger partial charge in [0, 0.05) is 91.4 Å². The Bertz CT molecular complexity index is 460. The molecule has 0 unspecified atom stereocenters. The molecule has 0 rings (SSSR count). The summed E-state index contributed by atoms with van der Waals surface area (Å²) in [6, 6.07) is 0.660. The van der Waals surface area contributed by atoms with Gasteiger partial charge in [0.1, 0.15) is 0 Å². The highest BCUT2D eigenvalue weighted by molar-refractivity contribution is 7.02. The fraction of sp³-hybridized carbons (Fsp3) is 1.00. The Morgan fingerprint density at radius 2 is 0.676 bits per heavy atom. The standard InChI is InChI=1S/C18H46O12Si4/c1-19-31(20-2,21-3)17-15-13-14-16-18(32(22-4,23-5)24-6,33(25-7,26-8)27-9)34(28-10,29-11)30-12/h13-17H2,1-12H3. The predicted octanol–water partition coefficient (Wildman–Crippen LogP) is 1.88. The van der Waals surface area contributed by atoms with Gasteiger partial charge in [0.2, 0.25) is 0 Å². The summed E-state index contributed by atoms with van der Waals surface area (Å²) in [6.45, 7) is 0. The van der Waals surface area contributed by atoms with Gasteiger partial charge in [0.25, 0.3) is 0 Å². The van der Waals surface area contributed by atoms with Gasteiger partial charge in [0.05, 0.1) is 0 Å². The first-order chi connectivity index (χ1) is 16.2. The fourth-order valence-electron chi connectivity index (χ4n) is 4.80. The van der Waals surface area contributed by atoms with Crippen LogP contribution in [0.4, 0.5) is 0 Å². The van der Waals surface area contributed by atoms with Gasteiger partial charge >= 0.3 is 35.2 Å². The first-order valence-electron chi connectivity index (χ1n) is 10.8. The van der Waals surface area contributed by atoms with E-state index < -0.39 is 39.5 Å². The molecule has 0 atom stereocenters. The van der Waals surface area contributed by atoms with Crippen LogP contribution in [0.15, 0.2) is 0 Å². The summed E-state index contributed by atoms with van der Waals surface area (Å²) < 4.78 is 69.5. The van der Waals surface area contributed by atoms with Crippen molar-refractivity contribution in [2.24, 2.45) is 0 Å². The van der Waals surface area contributed by atoms with E-state index in [0.29, 0.717) is 18.9 Å². The highest BCUT2D eigenvalue weighted by Gasteiger charge is 2.88. The summed E-state index contributed by atoms with van der Waals surface area (Å²) in [5, 5.41) is 0. The molecular weight excluding hydrogens is 521 g/mol. The van der Waals surface area contributed by atoms with Crippen molar-refractivity contribution in [3.8, 4) is 0 Å². The largest absolute Gasteiger partial charge is 0.515 e. The van der Waals surface area contributed by atoms with Crippen molar-refractivity contribution in [2.75, 3.05) is 85.3 Å². The third-order valence-electron chi connectivity index (χ3n) is 6.45. The van der Waals surface area contributed by atoms with Crippen LogP contribution in [0.2, 0.25) is 10.3 Å².